The van der Waals surface area contributed by atoms with Gasteiger partial charge >= 0.3 is 0 Å². The van der Waals surface area contributed by atoms with Gasteiger partial charge < -0.3 is 14.5 Å². The molecule has 0 aliphatic carbocycles. The molecule has 1 amide bonds. The van der Waals surface area contributed by atoms with Crippen molar-refractivity contribution in [2.75, 3.05) is 5.32 Å². The van der Waals surface area contributed by atoms with Crippen molar-refractivity contribution in [3.8, 4) is 5.75 Å². The van der Waals surface area contributed by atoms with Crippen LogP contribution in [0.1, 0.15) is 44.4 Å². The van der Waals surface area contributed by atoms with E-state index in [0.717, 1.165) is 33.8 Å². The molecular weight excluding hydrogens is 402 g/mol. The van der Waals surface area contributed by atoms with E-state index in [-0.39, 0.29) is 18.3 Å². The summed E-state index contributed by atoms with van der Waals surface area (Å²) < 4.78 is 13.4. The van der Waals surface area contributed by atoms with E-state index in [1.807, 2.05) is 62.7 Å². The zero-order valence-electron chi connectivity index (χ0n) is 18.8. The zero-order chi connectivity index (χ0) is 22.7. The molecule has 0 aliphatic rings. The van der Waals surface area contributed by atoms with Crippen molar-refractivity contribution in [3.05, 3.63) is 100 Å². The van der Waals surface area contributed by atoms with Gasteiger partial charge in [-0.05, 0) is 68.7 Å². The first kappa shape index (κ1) is 21.4. The van der Waals surface area contributed by atoms with E-state index in [2.05, 4.69) is 28.6 Å². The number of hydrogen-bond donors (Lipinski definition) is 1. The van der Waals surface area contributed by atoms with Gasteiger partial charge in [-0.25, -0.2) is 0 Å². The van der Waals surface area contributed by atoms with Crippen molar-refractivity contribution in [1.82, 2.24) is 9.78 Å². The third kappa shape index (κ3) is 4.91. The molecule has 4 rings (SSSR count). The second-order valence-electron chi connectivity index (χ2n) is 8.02. The van der Waals surface area contributed by atoms with Gasteiger partial charge in [0, 0.05) is 0 Å². The highest BCUT2D eigenvalue weighted by Crippen LogP contribution is 2.23. The van der Waals surface area contributed by atoms with Gasteiger partial charge in [-0.1, -0.05) is 36.4 Å². The van der Waals surface area contributed by atoms with Crippen LogP contribution in [0.25, 0.3) is 0 Å². The summed E-state index contributed by atoms with van der Waals surface area (Å²) in [5, 5.41) is 7.53. The van der Waals surface area contributed by atoms with Crippen molar-refractivity contribution in [3.63, 3.8) is 0 Å². The molecule has 0 saturated carbocycles. The molecule has 0 unspecified atom stereocenters. The number of aromatic nitrogens is 2. The first-order valence-electron chi connectivity index (χ1n) is 10.6. The number of nitrogens with one attached hydrogen (secondary N) is 1. The quantitative estimate of drug-likeness (QED) is 0.416. The topological polar surface area (TPSA) is 69.3 Å². The molecule has 0 spiro atoms. The van der Waals surface area contributed by atoms with Gasteiger partial charge in [-0.3, -0.25) is 9.48 Å². The van der Waals surface area contributed by atoms with Crippen LogP contribution in [0.15, 0.2) is 65.1 Å². The molecule has 2 aromatic carbocycles. The van der Waals surface area contributed by atoms with E-state index in [0.29, 0.717) is 18.0 Å². The van der Waals surface area contributed by atoms with Crippen LogP contribution < -0.4 is 10.1 Å². The molecule has 0 atom stereocenters. The van der Waals surface area contributed by atoms with Gasteiger partial charge in [0.15, 0.2) is 5.76 Å². The molecule has 164 valence electrons. The molecule has 2 aromatic heterocycles. The number of hydrogen-bond acceptors (Lipinski definition) is 4. The van der Waals surface area contributed by atoms with Gasteiger partial charge in [0.25, 0.3) is 5.91 Å². The average Bonchev–Trinajstić information content (AvgIpc) is 3.33. The van der Waals surface area contributed by atoms with Crippen LogP contribution in [0.3, 0.4) is 0 Å². The van der Waals surface area contributed by atoms with E-state index in [9.17, 15) is 4.79 Å². The van der Waals surface area contributed by atoms with Gasteiger partial charge in [-0.2, -0.15) is 5.10 Å². The van der Waals surface area contributed by atoms with Gasteiger partial charge in [0.05, 0.1) is 23.6 Å². The van der Waals surface area contributed by atoms with Crippen molar-refractivity contribution in [2.24, 2.45) is 0 Å². The molecular formula is C26H27N3O3. The molecule has 1 N–H and O–H groups in total. The van der Waals surface area contributed by atoms with Crippen LogP contribution in [0.5, 0.6) is 5.75 Å². The third-order valence-corrected chi connectivity index (χ3v) is 5.26. The summed E-state index contributed by atoms with van der Waals surface area (Å²) in [6, 6.07) is 19.6. The van der Waals surface area contributed by atoms with Crippen molar-refractivity contribution < 1.29 is 13.9 Å². The zero-order valence-corrected chi connectivity index (χ0v) is 18.8. The highest BCUT2D eigenvalue weighted by atomic mass is 16.5. The number of furan rings is 1. The first-order valence-corrected chi connectivity index (χ1v) is 10.6. The molecule has 2 heterocycles. The highest BCUT2D eigenvalue weighted by Gasteiger charge is 2.18. The lowest BCUT2D eigenvalue weighted by Gasteiger charge is -2.07. The van der Waals surface area contributed by atoms with Gasteiger partial charge in [0.2, 0.25) is 0 Å². The van der Waals surface area contributed by atoms with Crippen molar-refractivity contribution in [2.45, 2.75) is 40.8 Å². The molecule has 4 aromatic rings. The molecule has 0 bridgehead atoms. The van der Waals surface area contributed by atoms with Crippen LogP contribution in [-0.2, 0) is 13.2 Å². The molecule has 6 heteroatoms. The fourth-order valence-electron chi connectivity index (χ4n) is 3.71. The molecule has 32 heavy (non-hydrogen) atoms. The summed E-state index contributed by atoms with van der Waals surface area (Å²) >= 11 is 0. The number of aryl methyl sites for hydroxylation is 3. The Hall–Kier alpha value is -3.80. The monoisotopic (exact) mass is 429 g/mol. The average molecular weight is 430 g/mol. The maximum atomic E-state index is 12.8. The predicted molar refractivity (Wildman–Crippen MR) is 124 cm³/mol. The Morgan fingerprint density at radius 1 is 1.00 bits per heavy atom. The minimum absolute atomic E-state index is 0.235. The van der Waals surface area contributed by atoms with Crippen LogP contribution in [0.2, 0.25) is 0 Å². The summed E-state index contributed by atoms with van der Waals surface area (Å²) in [6.07, 6.45) is 0. The lowest BCUT2D eigenvalue weighted by atomic mass is 10.1. The number of carbonyl (C=O) groups excluding carboxylic acids is 1. The third-order valence-electron chi connectivity index (χ3n) is 5.26. The normalized spacial score (nSPS) is 10.9. The number of anilines is 1. The summed E-state index contributed by atoms with van der Waals surface area (Å²) in [4.78, 5) is 12.8. The minimum Gasteiger partial charge on any atom is -0.486 e. The van der Waals surface area contributed by atoms with Crippen molar-refractivity contribution in [1.29, 1.82) is 0 Å². The molecule has 0 saturated heterocycles. The Balaban J connectivity index is 1.42. The fourth-order valence-corrected chi connectivity index (χ4v) is 3.71. The molecule has 6 nitrogen and oxygen atoms in total. The Morgan fingerprint density at radius 2 is 1.72 bits per heavy atom. The maximum Gasteiger partial charge on any atom is 0.291 e. The van der Waals surface area contributed by atoms with Crippen LogP contribution in [-0.4, -0.2) is 15.7 Å². The first-order chi connectivity index (χ1) is 15.4. The SMILES string of the molecule is Cc1cc(C)cc(OCc2ccc(C(=O)Nc3c(C)nn(Cc4ccccc4)c3C)o2)c1. The Labute approximate surface area is 187 Å². The van der Waals surface area contributed by atoms with E-state index in [1.54, 1.807) is 12.1 Å². The van der Waals surface area contributed by atoms with E-state index in [1.165, 1.54) is 0 Å². The second-order valence-corrected chi connectivity index (χ2v) is 8.02. The Morgan fingerprint density at radius 3 is 2.44 bits per heavy atom. The van der Waals surface area contributed by atoms with E-state index in [4.69, 9.17) is 9.15 Å². The number of ether oxygens (including phenoxy) is 1. The largest absolute Gasteiger partial charge is 0.486 e. The number of amides is 1. The molecule has 0 radical (unpaired) electrons. The van der Waals surface area contributed by atoms with Crippen LogP contribution in [0, 0.1) is 27.7 Å². The maximum absolute atomic E-state index is 12.8. The number of benzene rings is 2. The van der Waals surface area contributed by atoms with E-state index >= 15 is 0 Å². The Bertz CT molecular complexity index is 1220. The standard InChI is InChI=1S/C26H27N3O3/c1-17-12-18(2)14-23(13-17)31-16-22-10-11-24(32-22)26(30)27-25-19(3)28-29(20(25)4)15-21-8-6-5-7-9-21/h5-14H,15-16H2,1-4H3,(H,27,30). The summed E-state index contributed by atoms with van der Waals surface area (Å²) in [6.45, 7) is 8.79. The van der Waals surface area contributed by atoms with E-state index < -0.39 is 0 Å². The molecule has 0 aliphatic heterocycles. The fraction of sp³-hybridized carbons (Fsp3) is 0.231. The number of carbonyl (C=O) groups is 1. The lowest BCUT2D eigenvalue weighted by Crippen LogP contribution is -2.12. The summed E-state index contributed by atoms with van der Waals surface area (Å²) in [7, 11) is 0. The smallest absolute Gasteiger partial charge is 0.291 e. The summed E-state index contributed by atoms with van der Waals surface area (Å²) in [5.74, 6) is 1.29. The van der Waals surface area contributed by atoms with Crippen molar-refractivity contribution >= 4 is 11.6 Å². The number of nitrogens with zero attached hydrogens (tertiary/aromatic N) is 2. The second kappa shape index (κ2) is 9.14. The van der Waals surface area contributed by atoms with Gasteiger partial charge in [-0.15, -0.1) is 0 Å². The number of rotatable bonds is 7. The van der Waals surface area contributed by atoms with Crippen LogP contribution in [0.4, 0.5) is 5.69 Å². The minimum atomic E-state index is -0.312. The Kier molecular flexibility index (Phi) is 6.12. The van der Waals surface area contributed by atoms with Crippen LogP contribution >= 0.6 is 0 Å². The predicted octanol–water partition coefficient (Wildman–Crippen LogP) is 5.59. The van der Waals surface area contributed by atoms with Gasteiger partial charge in [0.1, 0.15) is 18.1 Å². The lowest BCUT2D eigenvalue weighted by molar-refractivity contribution is 0.0992. The summed E-state index contributed by atoms with van der Waals surface area (Å²) in [5.41, 5.74) is 5.78. The highest BCUT2D eigenvalue weighted by molar-refractivity contribution is 6.02. The molecule has 0 fully saturated rings.